The molecule has 8 heteroatoms. The van der Waals surface area contributed by atoms with Gasteiger partial charge in [0.15, 0.2) is 4.34 Å². The molecular weight excluding hydrogens is 387 g/mol. The first kappa shape index (κ1) is 19.1. The second-order valence-corrected chi connectivity index (χ2v) is 7.50. The molecular formula is C19H15FN2O3S2. The highest BCUT2D eigenvalue weighted by atomic mass is 32.2. The van der Waals surface area contributed by atoms with Crippen LogP contribution in [-0.4, -0.2) is 29.7 Å². The number of methoxy groups -OCH3 is 1. The van der Waals surface area contributed by atoms with Crippen molar-refractivity contribution < 1.29 is 18.7 Å². The van der Waals surface area contributed by atoms with Gasteiger partial charge in [-0.25, -0.2) is 14.2 Å². The van der Waals surface area contributed by atoms with Crippen LogP contribution in [0.2, 0.25) is 0 Å². The number of anilines is 1. The largest absolute Gasteiger partial charge is 0.465 e. The molecule has 1 heterocycles. The fraction of sp³-hybridized carbons (Fsp3) is 0.105. The van der Waals surface area contributed by atoms with Crippen LogP contribution in [0.25, 0.3) is 11.3 Å². The minimum Gasteiger partial charge on any atom is -0.465 e. The molecule has 1 N–H and O–H groups in total. The summed E-state index contributed by atoms with van der Waals surface area (Å²) < 4.78 is 18.4. The molecule has 0 bridgehead atoms. The number of amides is 1. The normalized spacial score (nSPS) is 10.4. The Morgan fingerprint density at radius 1 is 1.22 bits per heavy atom. The number of benzene rings is 2. The fourth-order valence-electron chi connectivity index (χ4n) is 2.24. The Labute approximate surface area is 163 Å². The van der Waals surface area contributed by atoms with Crippen LogP contribution < -0.4 is 5.32 Å². The number of ether oxygens (including phenoxy) is 1. The van der Waals surface area contributed by atoms with Gasteiger partial charge in [0, 0.05) is 16.6 Å². The molecule has 3 rings (SSSR count). The molecule has 0 aliphatic heterocycles. The van der Waals surface area contributed by atoms with Crippen molar-refractivity contribution in [1.82, 2.24) is 4.98 Å². The van der Waals surface area contributed by atoms with Crippen LogP contribution in [0.3, 0.4) is 0 Å². The van der Waals surface area contributed by atoms with Gasteiger partial charge in [0.05, 0.1) is 24.1 Å². The smallest absolute Gasteiger partial charge is 0.337 e. The predicted molar refractivity (Wildman–Crippen MR) is 105 cm³/mol. The Kier molecular flexibility index (Phi) is 6.20. The highest BCUT2D eigenvalue weighted by Gasteiger charge is 2.10. The number of esters is 1. The molecule has 0 spiro atoms. The molecule has 5 nitrogen and oxygen atoms in total. The van der Waals surface area contributed by atoms with Crippen molar-refractivity contribution in [2.75, 3.05) is 18.2 Å². The van der Waals surface area contributed by atoms with Crippen molar-refractivity contribution in [2.24, 2.45) is 0 Å². The van der Waals surface area contributed by atoms with E-state index in [9.17, 15) is 14.0 Å². The van der Waals surface area contributed by atoms with Gasteiger partial charge >= 0.3 is 5.97 Å². The van der Waals surface area contributed by atoms with Crippen LogP contribution in [-0.2, 0) is 9.53 Å². The van der Waals surface area contributed by atoms with Crippen molar-refractivity contribution in [1.29, 1.82) is 0 Å². The van der Waals surface area contributed by atoms with Gasteiger partial charge in [0.1, 0.15) is 5.82 Å². The predicted octanol–water partition coefficient (Wildman–Crippen LogP) is 4.47. The van der Waals surface area contributed by atoms with E-state index in [1.54, 1.807) is 36.4 Å². The Balaban J connectivity index is 1.57. The zero-order valence-corrected chi connectivity index (χ0v) is 15.9. The maximum atomic E-state index is 13.0. The van der Waals surface area contributed by atoms with Gasteiger partial charge in [-0.2, -0.15) is 0 Å². The average molecular weight is 402 g/mol. The molecule has 0 unspecified atom stereocenters. The number of aromatic nitrogens is 1. The third kappa shape index (κ3) is 5.15. The lowest BCUT2D eigenvalue weighted by atomic mass is 10.2. The number of thioether (sulfide) groups is 1. The number of hydrogen-bond donors (Lipinski definition) is 1. The lowest BCUT2D eigenvalue weighted by molar-refractivity contribution is -0.113. The van der Waals surface area contributed by atoms with E-state index >= 15 is 0 Å². The van der Waals surface area contributed by atoms with Crippen LogP contribution in [0.4, 0.5) is 10.1 Å². The molecule has 2 aromatic carbocycles. The Bertz CT molecular complexity index is 958. The molecule has 3 aromatic rings. The summed E-state index contributed by atoms with van der Waals surface area (Å²) in [4.78, 5) is 28.1. The van der Waals surface area contributed by atoms with Crippen LogP contribution in [0.1, 0.15) is 10.4 Å². The molecule has 0 saturated carbocycles. The summed E-state index contributed by atoms with van der Waals surface area (Å²) in [6.45, 7) is 0. The van der Waals surface area contributed by atoms with E-state index in [0.717, 1.165) is 15.6 Å². The molecule has 27 heavy (non-hydrogen) atoms. The Morgan fingerprint density at radius 3 is 2.74 bits per heavy atom. The van der Waals surface area contributed by atoms with E-state index in [1.165, 1.54) is 42.3 Å². The summed E-state index contributed by atoms with van der Waals surface area (Å²) in [6.07, 6.45) is 0. The number of rotatable bonds is 6. The van der Waals surface area contributed by atoms with Crippen LogP contribution in [0.5, 0.6) is 0 Å². The number of nitrogens with one attached hydrogen (secondary N) is 1. The maximum Gasteiger partial charge on any atom is 0.337 e. The first-order valence-corrected chi connectivity index (χ1v) is 9.74. The molecule has 1 amide bonds. The van der Waals surface area contributed by atoms with Crippen molar-refractivity contribution >= 4 is 40.7 Å². The van der Waals surface area contributed by atoms with Gasteiger partial charge in [-0.15, -0.1) is 11.3 Å². The number of carbonyl (C=O) groups excluding carboxylic acids is 2. The van der Waals surface area contributed by atoms with Gasteiger partial charge in [-0.05, 0) is 42.5 Å². The molecule has 1 aromatic heterocycles. The first-order valence-electron chi connectivity index (χ1n) is 7.87. The number of nitrogens with zero attached hydrogens (tertiary/aromatic N) is 1. The summed E-state index contributed by atoms with van der Waals surface area (Å²) in [6, 6.07) is 12.7. The highest BCUT2D eigenvalue weighted by molar-refractivity contribution is 8.01. The molecule has 0 aliphatic rings. The van der Waals surface area contributed by atoms with Gasteiger partial charge in [-0.3, -0.25) is 4.79 Å². The quantitative estimate of drug-likeness (QED) is 0.487. The maximum absolute atomic E-state index is 13.0. The molecule has 0 aliphatic carbocycles. The zero-order chi connectivity index (χ0) is 19.2. The van der Waals surface area contributed by atoms with Gasteiger partial charge in [-0.1, -0.05) is 17.8 Å². The minimum absolute atomic E-state index is 0.179. The van der Waals surface area contributed by atoms with E-state index in [0.29, 0.717) is 11.3 Å². The highest BCUT2D eigenvalue weighted by Crippen LogP contribution is 2.28. The topological polar surface area (TPSA) is 68.3 Å². The second kappa shape index (κ2) is 8.79. The van der Waals surface area contributed by atoms with Crippen molar-refractivity contribution in [3.05, 3.63) is 65.3 Å². The van der Waals surface area contributed by atoms with Crippen molar-refractivity contribution in [3.63, 3.8) is 0 Å². The number of halogens is 1. The van der Waals surface area contributed by atoms with E-state index in [1.807, 2.05) is 5.38 Å². The third-order valence-corrected chi connectivity index (χ3v) is 5.54. The zero-order valence-electron chi connectivity index (χ0n) is 14.3. The number of thiazole rings is 1. The SMILES string of the molecule is COC(=O)c1cccc(NC(=O)CSc2nc(-c3ccc(F)cc3)cs2)c1. The summed E-state index contributed by atoms with van der Waals surface area (Å²) in [5, 5.41) is 4.61. The summed E-state index contributed by atoms with van der Waals surface area (Å²) in [5.74, 6) is -0.785. The van der Waals surface area contributed by atoms with Gasteiger partial charge < -0.3 is 10.1 Å². The summed E-state index contributed by atoms with van der Waals surface area (Å²) >= 11 is 2.73. The standard InChI is InChI=1S/C19H15FN2O3S2/c1-25-18(24)13-3-2-4-15(9-13)21-17(23)11-27-19-22-16(10-26-19)12-5-7-14(20)8-6-12/h2-10H,11H2,1H3,(H,21,23). The van der Waals surface area contributed by atoms with Crippen molar-refractivity contribution in [3.8, 4) is 11.3 Å². The molecule has 0 atom stereocenters. The Morgan fingerprint density at radius 2 is 2.00 bits per heavy atom. The first-order chi connectivity index (χ1) is 13.0. The monoisotopic (exact) mass is 402 g/mol. The number of carbonyl (C=O) groups is 2. The van der Waals surface area contributed by atoms with Crippen LogP contribution in [0, 0.1) is 5.82 Å². The van der Waals surface area contributed by atoms with Crippen LogP contribution >= 0.6 is 23.1 Å². The van der Waals surface area contributed by atoms with Crippen molar-refractivity contribution in [2.45, 2.75) is 4.34 Å². The number of hydrogen-bond acceptors (Lipinski definition) is 6. The average Bonchev–Trinajstić information content (AvgIpc) is 3.15. The third-order valence-electron chi connectivity index (χ3n) is 3.52. The van der Waals surface area contributed by atoms with Gasteiger partial charge in [0.25, 0.3) is 0 Å². The van der Waals surface area contributed by atoms with Crippen LogP contribution in [0.15, 0.2) is 58.3 Å². The van der Waals surface area contributed by atoms with E-state index in [-0.39, 0.29) is 17.5 Å². The second-order valence-electron chi connectivity index (χ2n) is 5.41. The lowest BCUT2D eigenvalue weighted by Crippen LogP contribution is -2.14. The van der Waals surface area contributed by atoms with E-state index < -0.39 is 5.97 Å². The van der Waals surface area contributed by atoms with Gasteiger partial charge in [0.2, 0.25) is 5.91 Å². The summed E-state index contributed by atoms with van der Waals surface area (Å²) in [5.41, 5.74) is 2.46. The molecule has 0 fully saturated rings. The molecule has 138 valence electrons. The summed E-state index contributed by atoms with van der Waals surface area (Å²) in [7, 11) is 1.30. The minimum atomic E-state index is -0.461. The Hall–Kier alpha value is -2.71. The fourth-order valence-corrected chi connectivity index (χ4v) is 3.88. The van der Waals surface area contributed by atoms with E-state index in [4.69, 9.17) is 0 Å². The molecule has 0 saturated heterocycles. The lowest BCUT2D eigenvalue weighted by Gasteiger charge is -2.06. The molecule has 0 radical (unpaired) electrons. The van der Waals surface area contributed by atoms with E-state index in [2.05, 4.69) is 15.0 Å².